The zero-order valence-electron chi connectivity index (χ0n) is 16.1. The van der Waals surface area contributed by atoms with Gasteiger partial charge in [0.25, 0.3) is 0 Å². The van der Waals surface area contributed by atoms with Gasteiger partial charge >= 0.3 is 0 Å². The number of nitrogens with zero attached hydrogens (tertiary/aromatic N) is 2. The molecule has 0 aliphatic carbocycles. The molecule has 2 N–H and O–H groups in total. The van der Waals surface area contributed by atoms with Gasteiger partial charge in [-0.25, -0.2) is 14.4 Å². The maximum atomic E-state index is 13.0. The number of hydrogen-bond acceptors (Lipinski definition) is 6. The molecule has 0 bridgehead atoms. The van der Waals surface area contributed by atoms with E-state index in [2.05, 4.69) is 20.6 Å². The van der Waals surface area contributed by atoms with Crippen molar-refractivity contribution in [3.05, 3.63) is 65.7 Å². The third-order valence-electron chi connectivity index (χ3n) is 4.14. The number of benzene rings is 2. The summed E-state index contributed by atoms with van der Waals surface area (Å²) in [4.78, 5) is 8.85. The van der Waals surface area contributed by atoms with E-state index in [0.29, 0.717) is 35.5 Å². The fourth-order valence-electron chi connectivity index (χ4n) is 2.76. The molecule has 0 saturated heterocycles. The lowest BCUT2D eigenvalue weighted by atomic mass is 10.1. The number of hydrogen-bond donors (Lipinski definition) is 2. The van der Waals surface area contributed by atoms with Crippen molar-refractivity contribution in [2.45, 2.75) is 13.3 Å². The standard InChI is InChI=1S/C21H23FN4O2/c1-14-24-20(23-11-10-15-4-6-16(22)7-5-15)13-21(25-14)26-18-12-17(27-2)8-9-19(18)28-3/h4-9,12-13H,10-11H2,1-3H3,(H2,23,24,25,26). The Bertz CT molecular complexity index is 932. The van der Waals surface area contributed by atoms with Gasteiger partial charge in [-0.15, -0.1) is 0 Å². The van der Waals surface area contributed by atoms with Gasteiger partial charge < -0.3 is 20.1 Å². The van der Waals surface area contributed by atoms with E-state index >= 15 is 0 Å². The summed E-state index contributed by atoms with van der Waals surface area (Å²) >= 11 is 0. The Hall–Kier alpha value is -3.35. The summed E-state index contributed by atoms with van der Waals surface area (Å²) in [6.45, 7) is 2.50. The van der Waals surface area contributed by atoms with Crippen LogP contribution >= 0.6 is 0 Å². The lowest BCUT2D eigenvalue weighted by Gasteiger charge is -2.13. The number of aromatic nitrogens is 2. The van der Waals surface area contributed by atoms with Crippen LogP contribution in [0, 0.1) is 12.7 Å². The van der Waals surface area contributed by atoms with E-state index < -0.39 is 0 Å². The highest BCUT2D eigenvalue weighted by Gasteiger charge is 2.08. The number of aryl methyl sites for hydroxylation is 1. The van der Waals surface area contributed by atoms with E-state index in [0.717, 1.165) is 17.7 Å². The van der Waals surface area contributed by atoms with E-state index in [-0.39, 0.29) is 5.82 Å². The van der Waals surface area contributed by atoms with Crippen LogP contribution in [0.4, 0.5) is 21.7 Å². The molecule has 3 rings (SSSR count). The molecule has 0 fully saturated rings. The molecule has 0 aliphatic heterocycles. The van der Waals surface area contributed by atoms with E-state index in [9.17, 15) is 4.39 Å². The van der Waals surface area contributed by atoms with Crippen LogP contribution in [0.15, 0.2) is 48.5 Å². The molecule has 0 aliphatic rings. The van der Waals surface area contributed by atoms with Crippen LogP contribution in [-0.4, -0.2) is 30.7 Å². The lowest BCUT2D eigenvalue weighted by Crippen LogP contribution is -2.08. The minimum atomic E-state index is -0.230. The number of nitrogens with one attached hydrogen (secondary N) is 2. The van der Waals surface area contributed by atoms with Gasteiger partial charge in [-0.05, 0) is 43.2 Å². The topological polar surface area (TPSA) is 68.3 Å². The number of methoxy groups -OCH3 is 2. The van der Waals surface area contributed by atoms with Crippen molar-refractivity contribution >= 4 is 17.3 Å². The van der Waals surface area contributed by atoms with Crippen LogP contribution in [0.1, 0.15) is 11.4 Å². The highest BCUT2D eigenvalue weighted by molar-refractivity contribution is 5.67. The van der Waals surface area contributed by atoms with Crippen molar-refractivity contribution in [1.82, 2.24) is 9.97 Å². The Kier molecular flexibility index (Phi) is 6.26. The minimum absolute atomic E-state index is 0.230. The van der Waals surface area contributed by atoms with Gasteiger partial charge in [0, 0.05) is 18.7 Å². The largest absolute Gasteiger partial charge is 0.497 e. The maximum Gasteiger partial charge on any atom is 0.142 e. The highest BCUT2D eigenvalue weighted by Crippen LogP contribution is 2.31. The Morgan fingerprint density at radius 2 is 1.68 bits per heavy atom. The molecule has 0 spiro atoms. The number of halogens is 1. The minimum Gasteiger partial charge on any atom is -0.497 e. The highest BCUT2D eigenvalue weighted by atomic mass is 19.1. The number of anilines is 3. The van der Waals surface area contributed by atoms with Crippen LogP contribution in [0.5, 0.6) is 11.5 Å². The number of rotatable bonds is 8. The fraction of sp³-hybridized carbons (Fsp3) is 0.238. The average Bonchev–Trinajstić information content (AvgIpc) is 2.69. The summed E-state index contributed by atoms with van der Waals surface area (Å²) in [5.74, 6) is 3.15. The van der Waals surface area contributed by atoms with Crippen LogP contribution in [-0.2, 0) is 6.42 Å². The van der Waals surface area contributed by atoms with E-state index in [1.54, 1.807) is 26.4 Å². The third kappa shape index (κ3) is 5.09. The average molecular weight is 382 g/mol. The first kappa shape index (κ1) is 19.4. The molecule has 28 heavy (non-hydrogen) atoms. The van der Waals surface area contributed by atoms with Gasteiger partial charge in [0.15, 0.2) is 0 Å². The SMILES string of the molecule is COc1ccc(OC)c(Nc2cc(NCCc3ccc(F)cc3)nc(C)n2)c1. The van der Waals surface area contributed by atoms with Crippen molar-refractivity contribution in [3.63, 3.8) is 0 Å². The van der Waals surface area contributed by atoms with E-state index in [4.69, 9.17) is 9.47 Å². The molecular formula is C21H23FN4O2. The summed E-state index contributed by atoms with van der Waals surface area (Å²) in [5, 5.41) is 6.54. The van der Waals surface area contributed by atoms with Gasteiger partial charge in [0.05, 0.1) is 19.9 Å². The molecule has 6 nitrogen and oxygen atoms in total. The predicted molar refractivity (Wildman–Crippen MR) is 108 cm³/mol. The first-order chi connectivity index (χ1) is 13.6. The van der Waals surface area contributed by atoms with E-state index in [1.165, 1.54) is 12.1 Å². The van der Waals surface area contributed by atoms with Crippen molar-refractivity contribution in [3.8, 4) is 11.5 Å². The molecular weight excluding hydrogens is 359 g/mol. The van der Waals surface area contributed by atoms with Crippen LogP contribution < -0.4 is 20.1 Å². The second kappa shape index (κ2) is 9.03. The normalized spacial score (nSPS) is 10.4. The first-order valence-corrected chi connectivity index (χ1v) is 8.90. The van der Waals surface area contributed by atoms with Gasteiger partial charge in [0.2, 0.25) is 0 Å². The molecule has 0 amide bonds. The summed E-state index contributed by atoms with van der Waals surface area (Å²) < 4.78 is 23.7. The fourth-order valence-corrected chi connectivity index (χ4v) is 2.76. The summed E-state index contributed by atoms with van der Waals surface area (Å²) in [6, 6.07) is 13.8. The predicted octanol–water partition coefficient (Wildman–Crippen LogP) is 4.34. The Morgan fingerprint density at radius 1 is 0.929 bits per heavy atom. The zero-order valence-corrected chi connectivity index (χ0v) is 16.1. The Labute approximate surface area is 163 Å². The lowest BCUT2D eigenvalue weighted by molar-refractivity contribution is 0.405. The van der Waals surface area contributed by atoms with Gasteiger partial charge in [-0.1, -0.05) is 12.1 Å². The molecule has 1 heterocycles. The third-order valence-corrected chi connectivity index (χ3v) is 4.14. The second-order valence-electron chi connectivity index (χ2n) is 6.18. The van der Waals surface area contributed by atoms with Crippen molar-refractivity contribution < 1.29 is 13.9 Å². The smallest absolute Gasteiger partial charge is 0.142 e. The molecule has 0 radical (unpaired) electrons. The van der Waals surface area contributed by atoms with Crippen LogP contribution in [0.3, 0.4) is 0 Å². The molecule has 3 aromatic rings. The second-order valence-corrected chi connectivity index (χ2v) is 6.18. The number of ether oxygens (including phenoxy) is 2. The Morgan fingerprint density at radius 3 is 2.39 bits per heavy atom. The Balaban J connectivity index is 1.70. The molecule has 146 valence electrons. The molecule has 0 saturated carbocycles. The van der Waals surface area contributed by atoms with Gasteiger partial charge in [-0.2, -0.15) is 0 Å². The molecule has 0 unspecified atom stereocenters. The van der Waals surface area contributed by atoms with Crippen LogP contribution in [0.25, 0.3) is 0 Å². The summed E-state index contributed by atoms with van der Waals surface area (Å²) in [7, 11) is 3.23. The molecule has 1 aromatic heterocycles. The quantitative estimate of drug-likeness (QED) is 0.604. The van der Waals surface area contributed by atoms with Crippen molar-refractivity contribution in [2.75, 3.05) is 31.4 Å². The maximum absolute atomic E-state index is 13.0. The van der Waals surface area contributed by atoms with Crippen LogP contribution in [0.2, 0.25) is 0 Å². The first-order valence-electron chi connectivity index (χ1n) is 8.90. The monoisotopic (exact) mass is 382 g/mol. The molecule has 0 atom stereocenters. The summed E-state index contributed by atoms with van der Waals surface area (Å²) in [6.07, 6.45) is 0.760. The van der Waals surface area contributed by atoms with Gasteiger partial charge in [0.1, 0.15) is 34.8 Å². The van der Waals surface area contributed by atoms with Crippen molar-refractivity contribution in [2.24, 2.45) is 0 Å². The van der Waals surface area contributed by atoms with Gasteiger partial charge in [-0.3, -0.25) is 0 Å². The molecule has 7 heteroatoms. The molecule has 2 aromatic carbocycles. The van der Waals surface area contributed by atoms with Crippen molar-refractivity contribution in [1.29, 1.82) is 0 Å². The summed E-state index contributed by atoms with van der Waals surface area (Å²) in [5.41, 5.74) is 1.80. The van der Waals surface area contributed by atoms with E-state index in [1.807, 2.05) is 31.2 Å². The zero-order chi connectivity index (χ0) is 19.9.